The quantitative estimate of drug-likeness (QED) is 0.479. The minimum Gasteiger partial charge on any atom is -0.288 e. The van der Waals surface area contributed by atoms with Gasteiger partial charge in [0, 0.05) is 10.9 Å². The van der Waals surface area contributed by atoms with E-state index in [9.17, 15) is 9.59 Å². The summed E-state index contributed by atoms with van der Waals surface area (Å²) >= 11 is 1.36. The summed E-state index contributed by atoms with van der Waals surface area (Å²) in [6.45, 7) is 1.99. The van der Waals surface area contributed by atoms with E-state index in [4.69, 9.17) is 0 Å². The van der Waals surface area contributed by atoms with Crippen molar-refractivity contribution >= 4 is 33.8 Å². The molecule has 4 aromatic rings. The predicted octanol–water partition coefficient (Wildman–Crippen LogP) is 5.07. The number of benzene rings is 2. The molecular formula is C22H15NO2S. The van der Waals surface area contributed by atoms with Gasteiger partial charge in [-0.3, -0.25) is 9.59 Å². The first-order valence-electron chi connectivity index (χ1n) is 8.23. The summed E-state index contributed by atoms with van der Waals surface area (Å²) in [6.07, 6.45) is 0. The lowest BCUT2D eigenvalue weighted by Crippen LogP contribution is -2.13. The molecule has 0 aliphatic carbocycles. The molecule has 4 rings (SSSR count). The molecule has 0 radical (unpaired) electrons. The molecular weight excluding hydrogens is 342 g/mol. The fourth-order valence-corrected chi connectivity index (χ4v) is 3.59. The molecule has 0 atom stereocenters. The van der Waals surface area contributed by atoms with Crippen LogP contribution in [0.25, 0.3) is 10.9 Å². The molecule has 0 saturated heterocycles. The third kappa shape index (κ3) is 2.95. The molecule has 0 unspecified atom stereocenters. The van der Waals surface area contributed by atoms with Gasteiger partial charge in [0.05, 0.1) is 16.0 Å². The van der Waals surface area contributed by atoms with Gasteiger partial charge in [0.15, 0.2) is 0 Å². The highest BCUT2D eigenvalue weighted by Crippen LogP contribution is 2.24. The molecule has 126 valence electrons. The highest BCUT2D eigenvalue weighted by atomic mass is 32.1. The van der Waals surface area contributed by atoms with Crippen LogP contribution in [0.1, 0.15) is 36.9 Å². The van der Waals surface area contributed by atoms with E-state index in [0.717, 1.165) is 10.9 Å². The Kier molecular flexibility index (Phi) is 4.19. The second-order valence-electron chi connectivity index (χ2n) is 6.08. The van der Waals surface area contributed by atoms with Crippen LogP contribution in [0.5, 0.6) is 0 Å². The van der Waals surface area contributed by atoms with Gasteiger partial charge >= 0.3 is 0 Å². The Bertz CT molecular complexity index is 1120. The lowest BCUT2D eigenvalue weighted by molar-refractivity contribution is 0.100. The van der Waals surface area contributed by atoms with Crippen molar-refractivity contribution in [2.24, 2.45) is 0 Å². The summed E-state index contributed by atoms with van der Waals surface area (Å²) in [7, 11) is 0. The van der Waals surface area contributed by atoms with Crippen LogP contribution in [0.15, 0.2) is 72.1 Å². The lowest BCUT2D eigenvalue weighted by atomic mass is 9.98. The third-order valence-electron chi connectivity index (χ3n) is 4.21. The number of aryl methyl sites for hydroxylation is 1. The fourth-order valence-electron chi connectivity index (χ4n) is 2.91. The first-order valence-corrected chi connectivity index (χ1v) is 9.11. The summed E-state index contributed by atoms with van der Waals surface area (Å²) in [6, 6.07) is 20.1. The number of carbonyl (C=O) groups excluding carboxylic acids is 2. The van der Waals surface area contributed by atoms with Gasteiger partial charge < -0.3 is 0 Å². The second kappa shape index (κ2) is 6.65. The van der Waals surface area contributed by atoms with E-state index < -0.39 is 0 Å². The topological polar surface area (TPSA) is 47.0 Å². The summed E-state index contributed by atoms with van der Waals surface area (Å²) in [5.41, 5.74) is 2.85. The van der Waals surface area contributed by atoms with Crippen molar-refractivity contribution in [1.29, 1.82) is 0 Å². The van der Waals surface area contributed by atoms with Crippen LogP contribution in [-0.4, -0.2) is 16.6 Å². The van der Waals surface area contributed by atoms with Gasteiger partial charge in [-0.1, -0.05) is 48.0 Å². The van der Waals surface area contributed by atoms with E-state index in [-0.39, 0.29) is 17.3 Å². The fraction of sp³-hybridized carbons (Fsp3) is 0.0455. The molecule has 0 bridgehead atoms. The van der Waals surface area contributed by atoms with Crippen molar-refractivity contribution in [1.82, 2.24) is 4.98 Å². The minimum absolute atomic E-state index is 0.171. The van der Waals surface area contributed by atoms with Gasteiger partial charge in [0.2, 0.25) is 11.6 Å². The Hall–Kier alpha value is -3.11. The number of nitrogens with zero attached hydrogens (tertiary/aromatic N) is 1. The Morgan fingerprint density at radius 3 is 2.42 bits per heavy atom. The van der Waals surface area contributed by atoms with E-state index in [2.05, 4.69) is 4.98 Å². The van der Waals surface area contributed by atoms with Gasteiger partial charge in [-0.15, -0.1) is 11.3 Å². The predicted molar refractivity (Wildman–Crippen MR) is 104 cm³/mol. The van der Waals surface area contributed by atoms with E-state index >= 15 is 0 Å². The van der Waals surface area contributed by atoms with Crippen molar-refractivity contribution in [2.45, 2.75) is 6.92 Å². The standard InChI is InChI=1S/C22H15NO2S/c1-14-9-10-18-16(12-14)13-17(22(25)19-8-5-11-26-19)20(23-18)21(24)15-6-3-2-4-7-15/h2-13H,1H3. The van der Waals surface area contributed by atoms with E-state index in [0.29, 0.717) is 21.5 Å². The van der Waals surface area contributed by atoms with Crippen molar-refractivity contribution in [2.75, 3.05) is 0 Å². The second-order valence-corrected chi connectivity index (χ2v) is 7.03. The molecule has 0 spiro atoms. The normalized spacial score (nSPS) is 10.8. The monoisotopic (exact) mass is 357 g/mol. The van der Waals surface area contributed by atoms with Crippen LogP contribution in [-0.2, 0) is 0 Å². The zero-order valence-corrected chi connectivity index (χ0v) is 14.9. The molecule has 0 amide bonds. The zero-order valence-electron chi connectivity index (χ0n) is 14.1. The summed E-state index contributed by atoms with van der Waals surface area (Å²) in [5, 5.41) is 2.71. The minimum atomic E-state index is -0.243. The van der Waals surface area contributed by atoms with Crippen LogP contribution >= 0.6 is 11.3 Å². The lowest BCUT2D eigenvalue weighted by Gasteiger charge is -2.09. The number of hydrogen-bond acceptors (Lipinski definition) is 4. The highest BCUT2D eigenvalue weighted by molar-refractivity contribution is 7.12. The molecule has 0 aliphatic heterocycles. The Morgan fingerprint density at radius 1 is 0.885 bits per heavy atom. The van der Waals surface area contributed by atoms with Crippen LogP contribution in [0.4, 0.5) is 0 Å². The highest BCUT2D eigenvalue weighted by Gasteiger charge is 2.22. The number of ketones is 2. The number of fused-ring (bicyclic) bond motifs is 1. The van der Waals surface area contributed by atoms with Gasteiger partial charge in [-0.05, 0) is 36.6 Å². The number of hydrogen-bond donors (Lipinski definition) is 0. The molecule has 3 nitrogen and oxygen atoms in total. The third-order valence-corrected chi connectivity index (χ3v) is 5.08. The van der Waals surface area contributed by atoms with E-state index in [1.807, 2.05) is 42.6 Å². The number of rotatable bonds is 4. The molecule has 4 heteroatoms. The van der Waals surface area contributed by atoms with Gasteiger partial charge in [-0.2, -0.15) is 0 Å². The van der Waals surface area contributed by atoms with Gasteiger partial charge in [-0.25, -0.2) is 4.98 Å². The molecule has 26 heavy (non-hydrogen) atoms. The molecule has 0 N–H and O–H groups in total. The van der Waals surface area contributed by atoms with Crippen LogP contribution in [0.3, 0.4) is 0 Å². The summed E-state index contributed by atoms with van der Waals surface area (Å²) in [5.74, 6) is -0.414. The first kappa shape index (κ1) is 16.4. The smallest absolute Gasteiger partial charge is 0.212 e. The van der Waals surface area contributed by atoms with Crippen LogP contribution in [0, 0.1) is 6.92 Å². The largest absolute Gasteiger partial charge is 0.288 e. The van der Waals surface area contributed by atoms with Crippen LogP contribution in [0.2, 0.25) is 0 Å². The Labute approximate surface area is 155 Å². The molecule has 0 aliphatic rings. The van der Waals surface area contributed by atoms with Crippen LogP contribution < -0.4 is 0 Å². The maximum absolute atomic E-state index is 13.0. The van der Waals surface area contributed by atoms with Crippen molar-refractivity contribution in [3.63, 3.8) is 0 Å². The average molecular weight is 357 g/mol. The van der Waals surface area contributed by atoms with E-state index in [1.54, 1.807) is 36.4 Å². The molecule has 0 saturated carbocycles. The average Bonchev–Trinajstić information content (AvgIpc) is 3.21. The molecule has 2 aromatic carbocycles. The Balaban J connectivity index is 1.94. The van der Waals surface area contributed by atoms with Gasteiger partial charge in [0.1, 0.15) is 5.69 Å². The number of carbonyl (C=O) groups is 2. The number of thiophene rings is 1. The van der Waals surface area contributed by atoms with Crippen molar-refractivity contribution < 1.29 is 9.59 Å². The molecule has 0 fully saturated rings. The maximum atomic E-state index is 13.0. The van der Waals surface area contributed by atoms with Crippen molar-refractivity contribution in [3.05, 3.63) is 99.4 Å². The van der Waals surface area contributed by atoms with Crippen molar-refractivity contribution in [3.8, 4) is 0 Å². The maximum Gasteiger partial charge on any atom is 0.212 e. The number of aromatic nitrogens is 1. The molecule has 2 aromatic heterocycles. The SMILES string of the molecule is Cc1ccc2nc(C(=O)c3ccccc3)c(C(=O)c3cccs3)cc2c1. The van der Waals surface area contributed by atoms with Gasteiger partial charge in [0.25, 0.3) is 0 Å². The molecule has 2 heterocycles. The summed E-state index contributed by atoms with van der Waals surface area (Å²) in [4.78, 5) is 31.2. The Morgan fingerprint density at radius 2 is 1.69 bits per heavy atom. The number of pyridine rings is 1. The van der Waals surface area contributed by atoms with E-state index in [1.165, 1.54) is 11.3 Å². The first-order chi connectivity index (χ1) is 12.6. The summed E-state index contributed by atoms with van der Waals surface area (Å²) < 4.78 is 0. The zero-order chi connectivity index (χ0) is 18.1.